The third kappa shape index (κ3) is 3.93. The summed E-state index contributed by atoms with van der Waals surface area (Å²) >= 11 is 0. The smallest absolute Gasteiger partial charge is 0.455 e. The Hall–Kier alpha value is -0.990. The van der Waals surface area contributed by atoms with Crippen molar-refractivity contribution in [2.45, 2.75) is 75.3 Å². The van der Waals surface area contributed by atoms with E-state index in [1.54, 1.807) is 13.8 Å². The Morgan fingerprint density at radius 3 is 2.11 bits per heavy atom. The number of hydrogen-bond donors (Lipinski definition) is 0. The molecule has 3 heterocycles. The van der Waals surface area contributed by atoms with Gasteiger partial charge in [-0.2, -0.15) is 21.6 Å². The number of carbonyl (C=O) groups is 1. The first-order valence-corrected chi connectivity index (χ1v) is 9.40. The average Bonchev–Trinajstić information content (AvgIpc) is 2.97. The highest BCUT2D eigenvalue weighted by Crippen LogP contribution is 2.41. The first-order valence-electron chi connectivity index (χ1n) is 7.99. The maximum atomic E-state index is 12.6. The molecule has 0 aromatic heterocycles. The average molecular weight is 420 g/mol. The van der Waals surface area contributed by atoms with Gasteiger partial charge in [0.05, 0.1) is 6.61 Å². The molecule has 0 N–H and O–H groups in total. The normalized spacial score (nSPS) is 38.5. The van der Waals surface area contributed by atoms with Gasteiger partial charge in [0.15, 0.2) is 17.7 Å². The molecule has 27 heavy (non-hydrogen) atoms. The fraction of sp³-hybridized carbons (Fsp3) is 0.929. The quantitative estimate of drug-likeness (QED) is 0.373. The zero-order chi connectivity index (χ0) is 20.4. The van der Waals surface area contributed by atoms with Crippen LogP contribution in [0.2, 0.25) is 0 Å². The molecule has 0 radical (unpaired) electrons. The summed E-state index contributed by atoms with van der Waals surface area (Å²) in [6.45, 7) is 6.28. The van der Waals surface area contributed by atoms with E-state index >= 15 is 0 Å². The number of hydrogen-bond acceptors (Lipinski definition) is 9. The van der Waals surface area contributed by atoms with Gasteiger partial charge in [0, 0.05) is 0 Å². The summed E-state index contributed by atoms with van der Waals surface area (Å²) in [4.78, 5) is 12.1. The second-order valence-electron chi connectivity index (χ2n) is 7.25. The Morgan fingerprint density at radius 1 is 1.00 bits per heavy atom. The molecule has 3 aliphatic heterocycles. The molecule has 9 nitrogen and oxygen atoms in total. The van der Waals surface area contributed by atoms with Crippen molar-refractivity contribution in [2.24, 2.45) is 0 Å². The summed E-state index contributed by atoms with van der Waals surface area (Å²) in [5.41, 5.74) is -5.70. The van der Waals surface area contributed by atoms with Gasteiger partial charge in [0.1, 0.15) is 18.3 Å². The van der Waals surface area contributed by atoms with Gasteiger partial charge in [-0.25, -0.2) is 8.98 Å². The van der Waals surface area contributed by atoms with Crippen LogP contribution in [0.1, 0.15) is 27.7 Å². The number of fused-ring (bicyclic) bond motifs is 1. The number of carbonyl (C=O) groups excluding carboxylic acids is 1. The van der Waals surface area contributed by atoms with Crippen LogP contribution in [0.5, 0.6) is 0 Å². The predicted molar refractivity (Wildman–Crippen MR) is 78.5 cm³/mol. The van der Waals surface area contributed by atoms with E-state index in [1.165, 1.54) is 13.8 Å². The minimum Gasteiger partial charge on any atom is -0.455 e. The Labute approximate surface area is 153 Å². The Balaban J connectivity index is 1.87. The third-order valence-electron chi connectivity index (χ3n) is 4.18. The van der Waals surface area contributed by atoms with Gasteiger partial charge in [-0.3, -0.25) is 0 Å². The topological polar surface area (TPSA) is 107 Å². The molecule has 3 saturated heterocycles. The Morgan fingerprint density at radius 2 is 1.59 bits per heavy atom. The minimum absolute atomic E-state index is 0.0703. The standard InChI is InChI=1S/C14H19F3O9S/c1-12(2)21-5-6(23-12)7-8-9(25-13(3,4)24-7)10(11(18)22-8)26-27(19,20)14(15,16)17/h6-10H,5H2,1-4H3/t6-,7-,8+,9-,10-/m1/s1. The second-order valence-corrected chi connectivity index (χ2v) is 8.81. The summed E-state index contributed by atoms with van der Waals surface area (Å²) in [6, 6.07) is 0. The number of rotatable bonds is 3. The van der Waals surface area contributed by atoms with Crippen molar-refractivity contribution in [2.75, 3.05) is 6.61 Å². The molecular formula is C14H19F3O9S. The van der Waals surface area contributed by atoms with Crippen molar-refractivity contribution in [1.82, 2.24) is 0 Å². The molecule has 0 unspecified atom stereocenters. The van der Waals surface area contributed by atoms with E-state index in [0.29, 0.717) is 0 Å². The monoisotopic (exact) mass is 420 g/mol. The van der Waals surface area contributed by atoms with Gasteiger partial charge in [0.2, 0.25) is 6.10 Å². The summed E-state index contributed by atoms with van der Waals surface area (Å²) in [6.07, 6.45) is -6.49. The van der Waals surface area contributed by atoms with Crippen LogP contribution in [-0.4, -0.2) is 68.6 Å². The number of ether oxygens (including phenoxy) is 5. The zero-order valence-corrected chi connectivity index (χ0v) is 15.6. The molecule has 0 aromatic carbocycles. The molecule has 3 aliphatic rings. The maximum Gasteiger partial charge on any atom is 0.523 e. The van der Waals surface area contributed by atoms with E-state index in [9.17, 15) is 26.4 Å². The van der Waals surface area contributed by atoms with Crippen LogP contribution in [0.4, 0.5) is 13.2 Å². The van der Waals surface area contributed by atoms with Crippen molar-refractivity contribution >= 4 is 16.1 Å². The largest absolute Gasteiger partial charge is 0.523 e. The predicted octanol–water partition coefficient (Wildman–Crippen LogP) is 0.818. The number of alkyl halides is 3. The van der Waals surface area contributed by atoms with Gasteiger partial charge < -0.3 is 23.7 Å². The molecule has 0 saturated carbocycles. The summed E-state index contributed by atoms with van der Waals surface area (Å²) < 4.78 is 92.0. The lowest BCUT2D eigenvalue weighted by Gasteiger charge is -2.44. The third-order valence-corrected chi connectivity index (χ3v) is 5.21. The zero-order valence-electron chi connectivity index (χ0n) is 14.8. The van der Waals surface area contributed by atoms with E-state index in [4.69, 9.17) is 23.7 Å². The van der Waals surface area contributed by atoms with Gasteiger partial charge in [-0.05, 0) is 27.7 Å². The molecule has 0 amide bonds. The van der Waals surface area contributed by atoms with Gasteiger partial charge in [-0.1, -0.05) is 0 Å². The Bertz CT molecular complexity index is 718. The van der Waals surface area contributed by atoms with Crippen LogP contribution in [-0.2, 0) is 42.8 Å². The lowest BCUT2D eigenvalue weighted by molar-refractivity contribution is -0.341. The van der Waals surface area contributed by atoms with Crippen LogP contribution in [0.15, 0.2) is 0 Å². The van der Waals surface area contributed by atoms with Gasteiger partial charge >= 0.3 is 21.6 Å². The highest BCUT2D eigenvalue weighted by atomic mass is 32.2. The van der Waals surface area contributed by atoms with Crippen molar-refractivity contribution in [1.29, 1.82) is 0 Å². The van der Waals surface area contributed by atoms with Crippen molar-refractivity contribution < 1.29 is 54.3 Å². The van der Waals surface area contributed by atoms with Gasteiger partial charge in [-0.15, -0.1) is 0 Å². The van der Waals surface area contributed by atoms with Crippen LogP contribution < -0.4 is 0 Å². The van der Waals surface area contributed by atoms with E-state index in [2.05, 4.69) is 4.18 Å². The van der Waals surface area contributed by atoms with Gasteiger partial charge in [0.25, 0.3) is 0 Å². The number of esters is 1. The fourth-order valence-corrected chi connectivity index (χ4v) is 3.73. The SMILES string of the molecule is CC1(C)O[C@@H]2[C@@H](OC(=O)[C@@H]2OS(=O)(=O)C(F)(F)F)[C@@H]([C@H]2COC(C)(C)O2)O1. The van der Waals surface area contributed by atoms with Crippen molar-refractivity contribution in [3.05, 3.63) is 0 Å². The van der Waals surface area contributed by atoms with E-state index < -0.39 is 63.7 Å². The molecule has 0 bridgehead atoms. The molecule has 0 spiro atoms. The summed E-state index contributed by atoms with van der Waals surface area (Å²) in [5.74, 6) is -3.62. The Kier molecular flexibility index (Phi) is 4.80. The molecule has 3 fully saturated rings. The lowest BCUT2D eigenvalue weighted by atomic mass is 9.99. The molecular weight excluding hydrogens is 401 g/mol. The maximum absolute atomic E-state index is 12.6. The van der Waals surface area contributed by atoms with Crippen molar-refractivity contribution in [3.63, 3.8) is 0 Å². The second kappa shape index (κ2) is 6.26. The van der Waals surface area contributed by atoms with Crippen LogP contribution in [0.25, 0.3) is 0 Å². The molecule has 3 rings (SSSR count). The van der Waals surface area contributed by atoms with E-state index in [1.807, 2.05) is 0 Å². The summed E-state index contributed by atoms with van der Waals surface area (Å²) in [5, 5.41) is 0. The molecule has 13 heteroatoms. The summed E-state index contributed by atoms with van der Waals surface area (Å²) in [7, 11) is -6.03. The molecule has 0 aliphatic carbocycles. The van der Waals surface area contributed by atoms with Crippen LogP contribution in [0.3, 0.4) is 0 Å². The molecule has 0 aromatic rings. The highest BCUT2D eigenvalue weighted by molar-refractivity contribution is 7.87. The van der Waals surface area contributed by atoms with E-state index in [0.717, 1.165) is 0 Å². The first-order chi connectivity index (χ1) is 12.1. The highest BCUT2D eigenvalue weighted by Gasteiger charge is 2.62. The van der Waals surface area contributed by atoms with Crippen LogP contribution >= 0.6 is 0 Å². The van der Waals surface area contributed by atoms with E-state index in [-0.39, 0.29) is 6.61 Å². The fourth-order valence-electron chi connectivity index (χ4n) is 3.16. The van der Waals surface area contributed by atoms with Crippen LogP contribution in [0, 0.1) is 0 Å². The minimum atomic E-state index is -6.03. The molecule has 5 atom stereocenters. The van der Waals surface area contributed by atoms with Crippen molar-refractivity contribution in [3.8, 4) is 0 Å². The first kappa shape index (κ1) is 20.7. The number of halogens is 3. The lowest BCUT2D eigenvalue weighted by Crippen LogP contribution is -2.59. The molecule has 156 valence electrons.